The van der Waals surface area contributed by atoms with Gasteiger partial charge in [0, 0.05) is 36.0 Å². The Morgan fingerprint density at radius 3 is 2.38 bits per heavy atom. The number of aryl methyl sites for hydroxylation is 1. The molecular formula is C38H44ClN5O4. The van der Waals surface area contributed by atoms with Crippen LogP contribution in [0.2, 0.25) is 5.02 Å². The van der Waals surface area contributed by atoms with Crippen LogP contribution in [-0.4, -0.2) is 68.1 Å². The van der Waals surface area contributed by atoms with Crippen molar-refractivity contribution < 1.29 is 19.5 Å². The Labute approximate surface area is 287 Å². The summed E-state index contributed by atoms with van der Waals surface area (Å²) in [5, 5.41) is 18.6. The van der Waals surface area contributed by atoms with Crippen LogP contribution in [0.4, 0.5) is 5.69 Å². The molecule has 252 valence electrons. The van der Waals surface area contributed by atoms with Crippen molar-refractivity contribution >= 4 is 35.0 Å². The van der Waals surface area contributed by atoms with Crippen molar-refractivity contribution in [3.05, 3.63) is 111 Å². The third-order valence-electron chi connectivity index (χ3n) is 8.78. The van der Waals surface area contributed by atoms with Gasteiger partial charge >= 0.3 is 0 Å². The summed E-state index contributed by atoms with van der Waals surface area (Å²) >= 11 is 6.12. The van der Waals surface area contributed by atoms with Crippen molar-refractivity contribution in [1.29, 1.82) is 0 Å². The molecule has 1 aliphatic rings. The average molecular weight is 670 g/mol. The molecule has 4 aromatic rings. The molecule has 1 atom stereocenters. The zero-order chi connectivity index (χ0) is 34.2. The number of carbonyl (C=O) groups excluding carboxylic acids is 3. The van der Waals surface area contributed by atoms with Crippen LogP contribution in [0.15, 0.2) is 72.8 Å². The molecule has 5 rings (SSSR count). The van der Waals surface area contributed by atoms with E-state index in [2.05, 4.69) is 19.2 Å². The number of carbonyl (C=O) groups is 3. The summed E-state index contributed by atoms with van der Waals surface area (Å²) in [4.78, 5) is 44.8. The van der Waals surface area contributed by atoms with Gasteiger partial charge in [0.25, 0.3) is 11.8 Å². The fourth-order valence-electron chi connectivity index (χ4n) is 6.15. The smallest absolute Gasteiger partial charge is 0.274 e. The first-order chi connectivity index (χ1) is 23.2. The number of aromatic nitrogens is 2. The van der Waals surface area contributed by atoms with Crippen LogP contribution in [-0.2, 0) is 24.2 Å². The fraction of sp³-hybridized carbons (Fsp3) is 0.368. The molecule has 2 heterocycles. The summed E-state index contributed by atoms with van der Waals surface area (Å²) in [6.07, 6.45) is 4.40. The highest BCUT2D eigenvalue weighted by Crippen LogP contribution is 2.29. The van der Waals surface area contributed by atoms with E-state index in [1.54, 1.807) is 52.0 Å². The Morgan fingerprint density at radius 2 is 1.69 bits per heavy atom. The molecule has 3 aromatic carbocycles. The number of aliphatic hydroxyl groups is 1. The molecule has 10 heteroatoms. The molecule has 0 saturated heterocycles. The number of amides is 3. The van der Waals surface area contributed by atoms with Gasteiger partial charge in [0.1, 0.15) is 0 Å². The maximum absolute atomic E-state index is 14.5. The number of nitrogens with one attached hydrogen (secondary N) is 1. The number of nitrogens with zero attached hydrogens (tertiary/aromatic N) is 4. The minimum atomic E-state index is -0.428. The molecule has 0 fully saturated rings. The Bertz CT molecular complexity index is 1760. The van der Waals surface area contributed by atoms with Crippen molar-refractivity contribution in [3.8, 4) is 5.69 Å². The van der Waals surface area contributed by atoms with Gasteiger partial charge in [-0.15, -0.1) is 0 Å². The third kappa shape index (κ3) is 8.14. The molecule has 0 aliphatic carbocycles. The first-order valence-corrected chi connectivity index (χ1v) is 17.1. The standard InChI is InChI=1S/C38H44ClN5O4/c1-4-6-17-42(18-7-5-2)38(48)34-19-26(3)44(41-34)35-16-15-31(40-36(46)21-27-11-10-14-30(39)20-27)23-33(35)37(47)43-24-29-13-9-8-12-28(29)22-32(43)25-45/h8-16,19-20,23,32,45H,4-7,17-18,21-22,24-25H2,1-3H3,(H,40,46). The van der Waals surface area contributed by atoms with Crippen LogP contribution in [0.1, 0.15) is 82.8 Å². The second-order valence-electron chi connectivity index (χ2n) is 12.4. The van der Waals surface area contributed by atoms with E-state index >= 15 is 0 Å². The Balaban J connectivity index is 1.51. The molecule has 1 unspecified atom stereocenters. The van der Waals surface area contributed by atoms with E-state index in [-0.39, 0.29) is 30.7 Å². The quantitative estimate of drug-likeness (QED) is 0.166. The molecule has 0 spiro atoms. The molecule has 2 N–H and O–H groups in total. The molecule has 3 amide bonds. The number of unbranched alkanes of at least 4 members (excludes halogenated alkanes) is 2. The lowest BCUT2D eigenvalue weighted by molar-refractivity contribution is -0.115. The molecule has 0 radical (unpaired) electrons. The molecule has 0 saturated carbocycles. The predicted molar refractivity (Wildman–Crippen MR) is 189 cm³/mol. The summed E-state index contributed by atoms with van der Waals surface area (Å²) in [6, 6.07) is 21.5. The zero-order valence-corrected chi connectivity index (χ0v) is 28.7. The number of fused-ring (bicyclic) bond motifs is 1. The Hall–Kier alpha value is -4.47. The van der Waals surface area contributed by atoms with Crippen molar-refractivity contribution in [2.24, 2.45) is 0 Å². The van der Waals surface area contributed by atoms with Crippen molar-refractivity contribution in [2.75, 3.05) is 25.0 Å². The molecular weight excluding hydrogens is 626 g/mol. The van der Waals surface area contributed by atoms with Crippen LogP contribution in [0.3, 0.4) is 0 Å². The molecule has 9 nitrogen and oxygen atoms in total. The number of hydrogen-bond donors (Lipinski definition) is 2. The van der Waals surface area contributed by atoms with Gasteiger partial charge in [0.15, 0.2) is 5.69 Å². The average Bonchev–Trinajstić information content (AvgIpc) is 3.48. The van der Waals surface area contributed by atoms with Crippen molar-refractivity contribution in [3.63, 3.8) is 0 Å². The van der Waals surface area contributed by atoms with Crippen molar-refractivity contribution in [1.82, 2.24) is 19.6 Å². The highest BCUT2D eigenvalue weighted by Gasteiger charge is 2.32. The summed E-state index contributed by atoms with van der Waals surface area (Å²) in [7, 11) is 0. The molecule has 1 aliphatic heterocycles. The highest BCUT2D eigenvalue weighted by atomic mass is 35.5. The lowest BCUT2D eigenvalue weighted by Crippen LogP contribution is -2.46. The molecule has 0 bridgehead atoms. The van der Waals surface area contributed by atoms with Crippen LogP contribution in [0, 0.1) is 6.92 Å². The van der Waals surface area contributed by atoms with E-state index in [9.17, 15) is 19.5 Å². The normalized spacial score (nSPS) is 14.0. The Kier molecular flexibility index (Phi) is 11.7. The monoisotopic (exact) mass is 669 g/mol. The molecule has 48 heavy (non-hydrogen) atoms. The topological polar surface area (TPSA) is 108 Å². The third-order valence-corrected chi connectivity index (χ3v) is 9.01. The minimum absolute atomic E-state index is 0.109. The first-order valence-electron chi connectivity index (χ1n) is 16.8. The number of rotatable bonds is 13. The summed E-state index contributed by atoms with van der Waals surface area (Å²) in [6.45, 7) is 7.51. The molecule has 1 aromatic heterocycles. The maximum atomic E-state index is 14.5. The van der Waals surface area contributed by atoms with Crippen LogP contribution >= 0.6 is 11.6 Å². The summed E-state index contributed by atoms with van der Waals surface area (Å²) in [5.41, 5.74) is 5.12. The zero-order valence-electron chi connectivity index (χ0n) is 27.9. The van der Waals surface area contributed by atoms with E-state index in [4.69, 9.17) is 16.7 Å². The largest absolute Gasteiger partial charge is 0.394 e. The highest BCUT2D eigenvalue weighted by molar-refractivity contribution is 6.30. The Morgan fingerprint density at radius 1 is 0.958 bits per heavy atom. The van der Waals surface area contributed by atoms with E-state index in [0.29, 0.717) is 59.4 Å². The van der Waals surface area contributed by atoms with Crippen molar-refractivity contribution in [2.45, 2.75) is 71.9 Å². The number of anilines is 1. The van der Waals surface area contributed by atoms with Gasteiger partial charge in [-0.2, -0.15) is 5.10 Å². The predicted octanol–water partition coefficient (Wildman–Crippen LogP) is 6.62. The SMILES string of the molecule is CCCCN(CCCC)C(=O)c1cc(C)n(-c2ccc(NC(=O)Cc3cccc(Cl)c3)cc2C(=O)N2Cc3ccccc3CC2CO)n1. The van der Waals surface area contributed by atoms with Gasteiger partial charge in [-0.05, 0) is 79.3 Å². The van der Waals surface area contributed by atoms with E-state index in [0.717, 1.165) is 42.4 Å². The fourth-order valence-corrected chi connectivity index (χ4v) is 6.36. The second kappa shape index (κ2) is 16.1. The van der Waals surface area contributed by atoms with Crippen LogP contribution < -0.4 is 5.32 Å². The van der Waals surface area contributed by atoms with E-state index in [1.807, 2.05) is 42.2 Å². The van der Waals surface area contributed by atoms with Gasteiger partial charge in [-0.3, -0.25) is 14.4 Å². The summed E-state index contributed by atoms with van der Waals surface area (Å²) in [5.74, 6) is -0.699. The lowest BCUT2D eigenvalue weighted by Gasteiger charge is -2.36. The van der Waals surface area contributed by atoms with Crippen LogP contribution in [0.25, 0.3) is 5.69 Å². The number of benzene rings is 3. The van der Waals surface area contributed by atoms with E-state index in [1.165, 1.54) is 0 Å². The number of aliphatic hydroxyl groups excluding tert-OH is 1. The number of halogens is 1. The van der Waals surface area contributed by atoms with Gasteiger partial charge in [0.05, 0.1) is 30.3 Å². The second-order valence-corrected chi connectivity index (χ2v) is 12.8. The minimum Gasteiger partial charge on any atom is -0.394 e. The first kappa shape index (κ1) is 34.9. The van der Waals surface area contributed by atoms with E-state index < -0.39 is 6.04 Å². The van der Waals surface area contributed by atoms with Crippen LogP contribution in [0.5, 0.6) is 0 Å². The summed E-state index contributed by atoms with van der Waals surface area (Å²) < 4.78 is 1.63. The van der Waals surface area contributed by atoms with Gasteiger partial charge in [-0.1, -0.05) is 74.7 Å². The van der Waals surface area contributed by atoms with Gasteiger partial charge < -0.3 is 20.2 Å². The van der Waals surface area contributed by atoms with Gasteiger partial charge in [0.2, 0.25) is 5.91 Å². The maximum Gasteiger partial charge on any atom is 0.274 e. The number of hydrogen-bond acceptors (Lipinski definition) is 5. The van der Waals surface area contributed by atoms with Gasteiger partial charge in [-0.25, -0.2) is 4.68 Å². The lowest BCUT2D eigenvalue weighted by atomic mass is 9.93.